The van der Waals surface area contributed by atoms with Gasteiger partial charge in [0.2, 0.25) is 0 Å². The highest BCUT2D eigenvalue weighted by Gasteiger charge is 2.19. The average Bonchev–Trinajstić information content (AvgIpc) is 2.49. The van der Waals surface area contributed by atoms with Gasteiger partial charge in [-0.05, 0) is 43.1 Å². The van der Waals surface area contributed by atoms with Gasteiger partial charge in [0.15, 0.2) is 4.77 Å². The lowest BCUT2D eigenvalue weighted by atomic mass is 9.85. The number of benzene rings is 1. The summed E-state index contributed by atoms with van der Waals surface area (Å²) in [6, 6.07) is 3.73. The van der Waals surface area contributed by atoms with Crippen molar-refractivity contribution in [3.05, 3.63) is 26.9 Å². The minimum absolute atomic E-state index is 0.561. The summed E-state index contributed by atoms with van der Waals surface area (Å²) < 4.78 is 2.89. The first-order valence-corrected chi connectivity index (χ1v) is 6.89. The molecule has 2 aromatic rings. The van der Waals surface area contributed by atoms with Crippen LogP contribution in [-0.2, 0) is 6.54 Å². The van der Waals surface area contributed by atoms with Crippen LogP contribution in [0.2, 0.25) is 10.0 Å². The number of rotatable bonds is 2. The van der Waals surface area contributed by atoms with Crippen molar-refractivity contribution in [2.24, 2.45) is 5.92 Å². The van der Waals surface area contributed by atoms with Crippen molar-refractivity contribution < 1.29 is 0 Å². The van der Waals surface area contributed by atoms with E-state index in [1.54, 1.807) is 0 Å². The summed E-state index contributed by atoms with van der Waals surface area (Å²) in [7, 11) is 0. The molecule has 0 amide bonds. The maximum atomic E-state index is 6.06. The Bertz CT molecular complexity index is 625. The topological polar surface area (TPSA) is 20.7 Å². The third-order valence-electron chi connectivity index (χ3n) is 3.48. The first kappa shape index (κ1) is 11.6. The highest BCUT2D eigenvalue weighted by Crippen LogP contribution is 2.31. The van der Waals surface area contributed by atoms with Gasteiger partial charge in [0, 0.05) is 6.54 Å². The Morgan fingerprint density at radius 2 is 2.00 bits per heavy atom. The Morgan fingerprint density at radius 3 is 2.65 bits per heavy atom. The molecule has 0 spiro atoms. The van der Waals surface area contributed by atoms with E-state index in [1.807, 2.05) is 12.1 Å². The van der Waals surface area contributed by atoms with Crippen LogP contribution in [-0.4, -0.2) is 9.55 Å². The van der Waals surface area contributed by atoms with Crippen LogP contribution in [0, 0.1) is 10.7 Å². The van der Waals surface area contributed by atoms with E-state index >= 15 is 0 Å². The van der Waals surface area contributed by atoms with Crippen LogP contribution in [0.15, 0.2) is 12.1 Å². The van der Waals surface area contributed by atoms with Gasteiger partial charge in [-0.15, -0.1) is 0 Å². The Labute approximate surface area is 115 Å². The molecular weight excluding hydrogens is 275 g/mol. The summed E-state index contributed by atoms with van der Waals surface area (Å²) in [4.78, 5) is 3.18. The number of aromatic amines is 1. The predicted molar refractivity (Wildman–Crippen MR) is 74.5 cm³/mol. The van der Waals surface area contributed by atoms with E-state index in [2.05, 4.69) is 9.55 Å². The van der Waals surface area contributed by atoms with Gasteiger partial charge in [0.1, 0.15) is 0 Å². The van der Waals surface area contributed by atoms with Crippen LogP contribution in [0.25, 0.3) is 11.0 Å². The van der Waals surface area contributed by atoms with Crippen LogP contribution in [0.1, 0.15) is 19.3 Å². The minimum Gasteiger partial charge on any atom is -0.331 e. The summed E-state index contributed by atoms with van der Waals surface area (Å²) in [5.74, 6) is 0.759. The van der Waals surface area contributed by atoms with Crippen LogP contribution in [0.4, 0.5) is 0 Å². The number of hydrogen-bond acceptors (Lipinski definition) is 1. The fourth-order valence-corrected chi connectivity index (χ4v) is 2.87. The maximum absolute atomic E-state index is 6.06. The Hall–Kier alpha value is -0.510. The van der Waals surface area contributed by atoms with Crippen molar-refractivity contribution in [3.63, 3.8) is 0 Å². The molecule has 0 atom stereocenters. The molecule has 1 aromatic heterocycles. The van der Waals surface area contributed by atoms with Crippen molar-refractivity contribution >= 4 is 46.5 Å². The molecule has 1 N–H and O–H groups in total. The third kappa shape index (κ3) is 2.01. The average molecular weight is 287 g/mol. The quantitative estimate of drug-likeness (QED) is 0.786. The molecule has 3 rings (SSSR count). The van der Waals surface area contributed by atoms with Gasteiger partial charge in [-0.25, -0.2) is 0 Å². The summed E-state index contributed by atoms with van der Waals surface area (Å²) in [5.41, 5.74) is 2.01. The van der Waals surface area contributed by atoms with Crippen LogP contribution >= 0.6 is 35.4 Å². The van der Waals surface area contributed by atoms with E-state index < -0.39 is 0 Å². The number of H-pyrrole nitrogens is 1. The molecule has 90 valence electrons. The van der Waals surface area contributed by atoms with Crippen molar-refractivity contribution in [1.29, 1.82) is 0 Å². The fourth-order valence-electron chi connectivity index (χ4n) is 2.27. The highest BCUT2D eigenvalue weighted by atomic mass is 35.5. The number of halogens is 2. The van der Waals surface area contributed by atoms with Crippen molar-refractivity contribution in [1.82, 2.24) is 9.55 Å². The molecule has 0 aliphatic heterocycles. The minimum atomic E-state index is 0.561. The molecule has 2 nitrogen and oxygen atoms in total. The number of imidazole rings is 1. The highest BCUT2D eigenvalue weighted by molar-refractivity contribution is 7.71. The van der Waals surface area contributed by atoms with Gasteiger partial charge >= 0.3 is 0 Å². The molecule has 0 unspecified atom stereocenters. The van der Waals surface area contributed by atoms with E-state index in [0.717, 1.165) is 28.3 Å². The number of fused-ring (bicyclic) bond motifs is 1. The lowest BCUT2D eigenvalue weighted by molar-refractivity contribution is 0.278. The van der Waals surface area contributed by atoms with Crippen molar-refractivity contribution in [3.8, 4) is 0 Å². The molecule has 1 aliphatic carbocycles. The fraction of sp³-hybridized carbons (Fsp3) is 0.417. The molecule has 1 heterocycles. The normalized spacial score (nSPS) is 16.4. The zero-order valence-electron chi connectivity index (χ0n) is 9.17. The van der Waals surface area contributed by atoms with Gasteiger partial charge < -0.3 is 9.55 Å². The Kier molecular flexibility index (Phi) is 2.93. The molecule has 0 bridgehead atoms. The predicted octanol–water partition coefficient (Wildman–Crippen LogP) is 4.81. The Morgan fingerprint density at radius 1 is 1.29 bits per heavy atom. The molecule has 1 aromatic carbocycles. The van der Waals surface area contributed by atoms with Crippen LogP contribution in [0.3, 0.4) is 0 Å². The first-order valence-electron chi connectivity index (χ1n) is 5.72. The van der Waals surface area contributed by atoms with E-state index in [1.165, 1.54) is 19.3 Å². The van der Waals surface area contributed by atoms with Gasteiger partial charge in [-0.3, -0.25) is 0 Å². The number of aromatic nitrogens is 2. The lowest BCUT2D eigenvalue weighted by Crippen LogP contribution is -2.17. The van der Waals surface area contributed by atoms with Gasteiger partial charge in [0.25, 0.3) is 0 Å². The summed E-state index contributed by atoms with van der Waals surface area (Å²) in [6.07, 6.45) is 3.94. The summed E-state index contributed by atoms with van der Waals surface area (Å²) in [6.45, 7) is 0.983. The van der Waals surface area contributed by atoms with Crippen molar-refractivity contribution in [2.75, 3.05) is 0 Å². The molecule has 17 heavy (non-hydrogen) atoms. The zero-order chi connectivity index (χ0) is 12.0. The standard InChI is InChI=1S/C12H12Cl2N2S/c13-8-4-10-11(5-9(8)14)16(12(17)15-10)6-7-2-1-3-7/h4-5,7H,1-3,6H2,(H,15,17). The molecule has 1 aliphatic rings. The number of nitrogens with one attached hydrogen (secondary N) is 1. The van der Waals surface area contributed by atoms with Gasteiger partial charge in [-0.2, -0.15) is 0 Å². The molecule has 1 fully saturated rings. The molecule has 0 radical (unpaired) electrons. The van der Waals surface area contributed by atoms with Gasteiger partial charge in [-0.1, -0.05) is 29.6 Å². The lowest BCUT2D eigenvalue weighted by Gasteiger charge is -2.25. The second kappa shape index (κ2) is 4.30. The zero-order valence-corrected chi connectivity index (χ0v) is 11.5. The SMILES string of the molecule is S=c1[nH]c2cc(Cl)c(Cl)cc2n1CC1CCC1. The second-order valence-electron chi connectivity index (χ2n) is 4.62. The van der Waals surface area contributed by atoms with E-state index in [0.29, 0.717) is 10.0 Å². The molecule has 5 heteroatoms. The summed E-state index contributed by atoms with van der Waals surface area (Å²) >= 11 is 17.4. The molecule has 0 saturated heterocycles. The van der Waals surface area contributed by atoms with Crippen molar-refractivity contribution in [2.45, 2.75) is 25.8 Å². The Balaban J connectivity index is 2.12. The van der Waals surface area contributed by atoms with Crippen LogP contribution < -0.4 is 0 Å². The van der Waals surface area contributed by atoms with Gasteiger partial charge in [0.05, 0.1) is 21.1 Å². The third-order valence-corrected chi connectivity index (χ3v) is 4.53. The monoisotopic (exact) mass is 286 g/mol. The maximum Gasteiger partial charge on any atom is 0.178 e. The van der Waals surface area contributed by atoms with E-state index in [4.69, 9.17) is 35.4 Å². The molecule has 1 saturated carbocycles. The first-order chi connectivity index (χ1) is 8.15. The smallest absolute Gasteiger partial charge is 0.178 e. The van der Waals surface area contributed by atoms with Crippen LogP contribution in [0.5, 0.6) is 0 Å². The number of nitrogens with zero attached hydrogens (tertiary/aromatic N) is 1. The largest absolute Gasteiger partial charge is 0.331 e. The summed E-state index contributed by atoms with van der Waals surface area (Å²) in [5, 5.41) is 1.14. The number of hydrogen-bond donors (Lipinski definition) is 1. The molecular formula is C12H12Cl2N2S. The second-order valence-corrected chi connectivity index (χ2v) is 5.82. The van der Waals surface area contributed by atoms with E-state index in [-0.39, 0.29) is 0 Å². The van der Waals surface area contributed by atoms with E-state index in [9.17, 15) is 0 Å².